The zero-order valence-corrected chi connectivity index (χ0v) is 19.2. The maximum Gasteiger partial charge on any atom is 0.326 e. The van der Waals surface area contributed by atoms with Gasteiger partial charge in [0.05, 0.1) is 6.04 Å². The van der Waals surface area contributed by atoms with E-state index < -0.39 is 60.2 Å². The number of amides is 3. The Hall–Kier alpha value is -2.69. The molecule has 1 heterocycles. The predicted molar refractivity (Wildman–Crippen MR) is 115 cm³/mol. The van der Waals surface area contributed by atoms with Crippen LogP contribution in [0.5, 0.6) is 0 Å². The molecule has 0 aromatic carbocycles. The Kier molecular flexibility index (Phi) is 10.6. The van der Waals surface area contributed by atoms with Crippen molar-refractivity contribution in [2.45, 2.75) is 84.0 Å². The molecule has 1 aliphatic heterocycles. The first-order chi connectivity index (χ1) is 14.8. The molecule has 1 fully saturated rings. The maximum atomic E-state index is 13.2. The molecule has 0 saturated carbocycles. The number of carboxylic acid groups (broad SMARTS) is 2. The Labute approximate surface area is 188 Å². The van der Waals surface area contributed by atoms with Crippen molar-refractivity contribution in [3.8, 4) is 0 Å². The van der Waals surface area contributed by atoms with E-state index in [0.29, 0.717) is 25.8 Å². The molecule has 1 rings (SSSR count). The smallest absolute Gasteiger partial charge is 0.326 e. The fourth-order valence-electron chi connectivity index (χ4n) is 3.66. The Balaban J connectivity index is 2.90. The van der Waals surface area contributed by atoms with Gasteiger partial charge in [0, 0.05) is 13.0 Å². The summed E-state index contributed by atoms with van der Waals surface area (Å²) < 4.78 is 0. The van der Waals surface area contributed by atoms with Gasteiger partial charge in [-0.15, -0.1) is 0 Å². The zero-order valence-electron chi connectivity index (χ0n) is 19.2. The number of likely N-dealkylation sites (tertiary alicyclic amines) is 1. The van der Waals surface area contributed by atoms with Gasteiger partial charge in [-0.05, 0) is 37.5 Å². The van der Waals surface area contributed by atoms with Gasteiger partial charge in [0.2, 0.25) is 17.7 Å². The van der Waals surface area contributed by atoms with Crippen molar-refractivity contribution in [1.82, 2.24) is 15.5 Å². The number of nitrogens with zero attached hydrogens (tertiary/aromatic N) is 1. The third kappa shape index (κ3) is 8.10. The van der Waals surface area contributed by atoms with E-state index >= 15 is 0 Å². The summed E-state index contributed by atoms with van der Waals surface area (Å²) in [5.41, 5.74) is 5.93. The number of carbonyl (C=O) groups excluding carboxylic acids is 3. The van der Waals surface area contributed by atoms with E-state index in [4.69, 9.17) is 10.8 Å². The molecule has 0 radical (unpaired) electrons. The van der Waals surface area contributed by atoms with Crippen LogP contribution in [-0.2, 0) is 24.0 Å². The van der Waals surface area contributed by atoms with Crippen molar-refractivity contribution in [1.29, 1.82) is 0 Å². The summed E-state index contributed by atoms with van der Waals surface area (Å²) in [5.74, 6) is -4.09. The average molecular weight is 457 g/mol. The lowest BCUT2D eigenvalue weighted by Gasteiger charge is -2.31. The van der Waals surface area contributed by atoms with Gasteiger partial charge < -0.3 is 31.5 Å². The molecule has 0 unspecified atom stereocenters. The van der Waals surface area contributed by atoms with E-state index in [9.17, 15) is 29.1 Å². The highest BCUT2D eigenvalue weighted by atomic mass is 16.4. The van der Waals surface area contributed by atoms with Crippen LogP contribution in [0.3, 0.4) is 0 Å². The monoisotopic (exact) mass is 456 g/mol. The van der Waals surface area contributed by atoms with Crippen molar-refractivity contribution in [2.75, 3.05) is 6.54 Å². The minimum atomic E-state index is -1.37. The number of carboxylic acids is 2. The molecule has 0 aromatic heterocycles. The number of aliphatic carboxylic acids is 2. The number of hydrogen-bond acceptors (Lipinski definition) is 6. The van der Waals surface area contributed by atoms with Crippen molar-refractivity contribution < 1.29 is 34.2 Å². The van der Waals surface area contributed by atoms with Crippen LogP contribution in [0, 0.1) is 11.8 Å². The normalized spacial score (nSPS) is 18.8. The third-order valence-electron chi connectivity index (χ3n) is 5.39. The van der Waals surface area contributed by atoms with Crippen molar-refractivity contribution in [3.63, 3.8) is 0 Å². The summed E-state index contributed by atoms with van der Waals surface area (Å²) in [4.78, 5) is 61.9. The number of nitrogens with two attached hydrogens (primary N) is 1. The quantitative estimate of drug-likeness (QED) is 0.270. The fourth-order valence-corrected chi connectivity index (χ4v) is 3.66. The van der Waals surface area contributed by atoms with Gasteiger partial charge in [-0.2, -0.15) is 0 Å². The topological polar surface area (TPSA) is 179 Å². The van der Waals surface area contributed by atoms with Crippen LogP contribution >= 0.6 is 0 Å². The van der Waals surface area contributed by atoms with E-state index in [1.54, 1.807) is 13.8 Å². The summed E-state index contributed by atoms with van der Waals surface area (Å²) >= 11 is 0. The first-order valence-electron chi connectivity index (χ1n) is 11.0. The van der Waals surface area contributed by atoms with Gasteiger partial charge in [-0.25, -0.2) is 4.79 Å². The van der Waals surface area contributed by atoms with E-state index in [0.717, 1.165) is 0 Å². The molecule has 1 aliphatic rings. The van der Waals surface area contributed by atoms with Crippen LogP contribution in [-0.4, -0.2) is 75.5 Å². The highest BCUT2D eigenvalue weighted by Gasteiger charge is 2.40. The lowest BCUT2D eigenvalue weighted by Crippen LogP contribution is -2.58. The summed E-state index contributed by atoms with van der Waals surface area (Å²) in [5, 5.41) is 23.1. The van der Waals surface area contributed by atoms with Crippen LogP contribution in [0.2, 0.25) is 0 Å². The fraction of sp³-hybridized carbons (Fsp3) is 0.762. The molecule has 6 N–H and O–H groups in total. The Morgan fingerprint density at radius 3 is 2.19 bits per heavy atom. The minimum absolute atomic E-state index is 0.207. The van der Waals surface area contributed by atoms with Gasteiger partial charge in [0.25, 0.3) is 0 Å². The molecule has 3 amide bonds. The Morgan fingerprint density at radius 1 is 1.06 bits per heavy atom. The molecule has 1 saturated heterocycles. The lowest BCUT2D eigenvalue weighted by atomic mass is 9.99. The van der Waals surface area contributed by atoms with E-state index in [1.165, 1.54) is 4.90 Å². The highest BCUT2D eigenvalue weighted by Crippen LogP contribution is 2.21. The summed E-state index contributed by atoms with van der Waals surface area (Å²) in [6.45, 7) is 7.71. The van der Waals surface area contributed by atoms with Gasteiger partial charge >= 0.3 is 11.9 Å². The summed E-state index contributed by atoms with van der Waals surface area (Å²) in [7, 11) is 0. The van der Waals surface area contributed by atoms with Gasteiger partial charge in [0.1, 0.15) is 18.1 Å². The molecule has 11 nitrogen and oxygen atoms in total. The Bertz CT molecular complexity index is 710. The first kappa shape index (κ1) is 27.3. The molecule has 4 atom stereocenters. The van der Waals surface area contributed by atoms with Crippen LogP contribution in [0.15, 0.2) is 0 Å². The summed E-state index contributed by atoms with van der Waals surface area (Å²) in [6.07, 6.45) is 0.668. The van der Waals surface area contributed by atoms with Crippen molar-refractivity contribution in [3.05, 3.63) is 0 Å². The van der Waals surface area contributed by atoms with Crippen molar-refractivity contribution >= 4 is 29.7 Å². The van der Waals surface area contributed by atoms with Gasteiger partial charge in [0.15, 0.2) is 0 Å². The minimum Gasteiger partial charge on any atom is -0.481 e. The zero-order chi connectivity index (χ0) is 24.6. The SMILES string of the molecule is CC(C)C[C@H](N)C(=O)N[C@H](C(=O)N1CCC[C@H]1C(=O)N[C@@H](CCC(=O)O)C(=O)O)C(C)C. The number of carbonyl (C=O) groups is 5. The maximum absolute atomic E-state index is 13.2. The molecule has 0 aromatic rings. The van der Waals surface area contributed by atoms with E-state index in [-0.39, 0.29) is 18.3 Å². The molecule has 11 heteroatoms. The number of nitrogens with one attached hydrogen (secondary N) is 2. The second-order valence-corrected chi connectivity index (χ2v) is 8.99. The van der Waals surface area contributed by atoms with Crippen LogP contribution in [0.4, 0.5) is 0 Å². The molecule has 0 spiro atoms. The van der Waals surface area contributed by atoms with Crippen LogP contribution < -0.4 is 16.4 Å². The molecule has 182 valence electrons. The summed E-state index contributed by atoms with van der Waals surface area (Å²) in [6, 6.07) is -3.90. The third-order valence-corrected chi connectivity index (χ3v) is 5.39. The number of hydrogen-bond donors (Lipinski definition) is 5. The lowest BCUT2D eigenvalue weighted by molar-refractivity contribution is -0.146. The standard InChI is InChI=1S/C21H36N4O7/c1-11(2)10-13(22)18(28)24-17(12(3)4)20(30)25-9-5-6-15(25)19(29)23-14(21(31)32)7-8-16(26)27/h11-15,17H,5-10,22H2,1-4H3,(H,23,29)(H,24,28)(H,26,27)(H,31,32)/t13-,14-,15-,17-/m0/s1. The molecular weight excluding hydrogens is 420 g/mol. The average Bonchev–Trinajstić information content (AvgIpc) is 3.17. The largest absolute Gasteiger partial charge is 0.481 e. The molecule has 0 aliphatic carbocycles. The van der Waals surface area contributed by atoms with E-state index in [2.05, 4.69) is 10.6 Å². The molecule has 32 heavy (non-hydrogen) atoms. The van der Waals surface area contributed by atoms with Crippen LogP contribution in [0.1, 0.15) is 59.8 Å². The highest BCUT2D eigenvalue weighted by molar-refractivity contribution is 5.94. The van der Waals surface area contributed by atoms with Crippen molar-refractivity contribution in [2.24, 2.45) is 17.6 Å². The first-order valence-corrected chi connectivity index (χ1v) is 11.0. The Morgan fingerprint density at radius 2 is 1.69 bits per heavy atom. The molecular formula is C21H36N4O7. The second-order valence-electron chi connectivity index (χ2n) is 8.99. The van der Waals surface area contributed by atoms with Crippen LogP contribution in [0.25, 0.3) is 0 Å². The number of rotatable bonds is 12. The van der Waals surface area contributed by atoms with E-state index in [1.807, 2.05) is 13.8 Å². The van der Waals surface area contributed by atoms with Gasteiger partial charge in [-0.3, -0.25) is 19.2 Å². The predicted octanol–water partition coefficient (Wildman–Crippen LogP) is -0.0742. The second kappa shape index (κ2) is 12.4. The molecule has 0 bridgehead atoms. The van der Waals surface area contributed by atoms with Gasteiger partial charge in [-0.1, -0.05) is 27.7 Å².